The largest absolute Gasteiger partial charge is 0.368 e. The van der Waals surface area contributed by atoms with Gasteiger partial charge in [0.1, 0.15) is 0 Å². The lowest BCUT2D eigenvalue weighted by atomic mass is 10.3. The molecule has 0 aromatic carbocycles. The molecule has 1 heterocycles. The highest BCUT2D eigenvalue weighted by atomic mass is 15.4. The summed E-state index contributed by atoms with van der Waals surface area (Å²) in [5.41, 5.74) is 5.84. The van der Waals surface area contributed by atoms with Crippen molar-refractivity contribution in [2.45, 2.75) is 51.5 Å². The van der Waals surface area contributed by atoms with Gasteiger partial charge in [-0.25, -0.2) is 4.68 Å². The molecule has 0 bridgehead atoms. The predicted octanol–water partition coefficient (Wildman–Crippen LogP) is 1.93. The van der Waals surface area contributed by atoms with E-state index in [1.54, 1.807) is 0 Å². The zero-order valence-corrected chi connectivity index (χ0v) is 8.74. The van der Waals surface area contributed by atoms with Crippen LogP contribution in [0.4, 0.5) is 5.95 Å². The van der Waals surface area contributed by atoms with Gasteiger partial charge in [-0.05, 0) is 19.3 Å². The fourth-order valence-corrected chi connectivity index (χ4v) is 2.13. The van der Waals surface area contributed by atoms with E-state index in [-0.39, 0.29) is 0 Å². The van der Waals surface area contributed by atoms with E-state index in [1.165, 1.54) is 25.7 Å². The number of hydrogen-bond acceptors (Lipinski definition) is 3. The smallest absolute Gasteiger partial charge is 0.218 e. The molecule has 78 valence electrons. The van der Waals surface area contributed by atoms with Gasteiger partial charge < -0.3 is 5.73 Å². The summed E-state index contributed by atoms with van der Waals surface area (Å²) in [6.07, 6.45) is 7.02. The maximum Gasteiger partial charge on any atom is 0.218 e. The Kier molecular flexibility index (Phi) is 2.70. The number of nitrogens with two attached hydrogens (primary N) is 1. The number of aryl methyl sites for hydroxylation is 1. The molecular formula is C10H18N4. The average molecular weight is 194 g/mol. The molecule has 0 radical (unpaired) electrons. The fraction of sp³-hybridized carbons (Fsp3) is 0.800. The van der Waals surface area contributed by atoms with E-state index in [0.717, 1.165) is 18.7 Å². The van der Waals surface area contributed by atoms with Gasteiger partial charge in [0, 0.05) is 6.42 Å². The van der Waals surface area contributed by atoms with Crippen molar-refractivity contribution in [3.05, 3.63) is 5.82 Å². The predicted molar refractivity (Wildman–Crippen MR) is 55.9 cm³/mol. The summed E-state index contributed by atoms with van der Waals surface area (Å²) in [6, 6.07) is 0.508. The maximum atomic E-state index is 5.84. The van der Waals surface area contributed by atoms with Crippen molar-refractivity contribution in [2.75, 3.05) is 5.73 Å². The normalized spacial score (nSPS) is 17.8. The molecule has 1 saturated carbocycles. The van der Waals surface area contributed by atoms with E-state index >= 15 is 0 Å². The third-order valence-electron chi connectivity index (χ3n) is 2.85. The molecule has 1 aliphatic carbocycles. The van der Waals surface area contributed by atoms with Gasteiger partial charge in [0.05, 0.1) is 6.04 Å². The van der Waals surface area contributed by atoms with E-state index in [2.05, 4.69) is 17.0 Å². The Bertz CT molecular complexity index is 299. The first-order valence-corrected chi connectivity index (χ1v) is 5.52. The number of hydrogen-bond donors (Lipinski definition) is 1. The molecular weight excluding hydrogens is 176 g/mol. The first-order chi connectivity index (χ1) is 6.81. The van der Waals surface area contributed by atoms with Gasteiger partial charge in [-0.2, -0.15) is 10.1 Å². The summed E-state index contributed by atoms with van der Waals surface area (Å²) in [5.74, 6) is 1.50. The lowest BCUT2D eigenvalue weighted by Crippen LogP contribution is -2.10. The number of rotatable bonds is 3. The standard InChI is InChI=1S/C10H18N4/c1-2-5-9-12-10(11)14(13-9)8-6-3-4-7-8/h8H,2-7H2,1H3,(H2,11,12,13). The van der Waals surface area contributed by atoms with Crippen molar-refractivity contribution in [2.24, 2.45) is 0 Å². The van der Waals surface area contributed by atoms with Crippen LogP contribution >= 0.6 is 0 Å². The molecule has 14 heavy (non-hydrogen) atoms. The van der Waals surface area contributed by atoms with Crippen LogP contribution in [-0.4, -0.2) is 14.8 Å². The molecule has 4 nitrogen and oxygen atoms in total. The Morgan fingerprint density at radius 1 is 1.43 bits per heavy atom. The molecule has 1 aliphatic rings. The molecule has 0 amide bonds. The monoisotopic (exact) mass is 194 g/mol. The molecule has 0 spiro atoms. The maximum absolute atomic E-state index is 5.84. The first kappa shape index (κ1) is 9.49. The minimum absolute atomic E-state index is 0.508. The fourth-order valence-electron chi connectivity index (χ4n) is 2.13. The zero-order valence-electron chi connectivity index (χ0n) is 8.74. The Hall–Kier alpha value is -1.06. The average Bonchev–Trinajstić information content (AvgIpc) is 2.74. The Balaban J connectivity index is 2.15. The summed E-state index contributed by atoms with van der Waals surface area (Å²) >= 11 is 0. The number of anilines is 1. The summed E-state index contributed by atoms with van der Waals surface area (Å²) < 4.78 is 1.93. The van der Waals surface area contributed by atoms with Gasteiger partial charge in [0.25, 0.3) is 0 Å². The summed E-state index contributed by atoms with van der Waals surface area (Å²) in [6.45, 7) is 2.13. The van der Waals surface area contributed by atoms with E-state index < -0.39 is 0 Å². The number of aromatic nitrogens is 3. The van der Waals surface area contributed by atoms with Gasteiger partial charge in [0.2, 0.25) is 5.95 Å². The zero-order chi connectivity index (χ0) is 9.97. The molecule has 1 fully saturated rings. The van der Waals surface area contributed by atoms with Crippen LogP contribution in [0, 0.1) is 0 Å². The van der Waals surface area contributed by atoms with Crippen LogP contribution in [0.5, 0.6) is 0 Å². The lowest BCUT2D eigenvalue weighted by Gasteiger charge is -2.09. The van der Waals surface area contributed by atoms with Crippen molar-refractivity contribution >= 4 is 5.95 Å². The minimum Gasteiger partial charge on any atom is -0.368 e. The second-order valence-corrected chi connectivity index (χ2v) is 4.02. The van der Waals surface area contributed by atoms with Gasteiger partial charge in [-0.1, -0.05) is 19.8 Å². The van der Waals surface area contributed by atoms with E-state index in [1.807, 2.05) is 4.68 Å². The Morgan fingerprint density at radius 3 is 2.79 bits per heavy atom. The third-order valence-corrected chi connectivity index (χ3v) is 2.85. The Labute approximate surface area is 84.5 Å². The number of nitrogens with zero attached hydrogens (tertiary/aromatic N) is 3. The summed E-state index contributed by atoms with van der Waals surface area (Å²) in [7, 11) is 0. The molecule has 0 aliphatic heterocycles. The summed E-state index contributed by atoms with van der Waals surface area (Å²) in [4.78, 5) is 4.27. The second kappa shape index (κ2) is 3.98. The summed E-state index contributed by atoms with van der Waals surface area (Å²) in [5, 5.41) is 4.46. The molecule has 1 aromatic rings. The molecule has 2 rings (SSSR count). The molecule has 0 atom stereocenters. The van der Waals surface area contributed by atoms with Gasteiger partial charge in [0.15, 0.2) is 5.82 Å². The van der Waals surface area contributed by atoms with Crippen LogP contribution in [0.1, 0.15) is 50.9 Å². The second-order valence-electron chi connectivity index (χ2n) is 4.02. The van der Waals surface area contributed by atoms with Gasteiger partial charge in [-0.3, -0.25) is 0 Å². The van der Waals surface area contributed by atoms with Gasteiger partial charge in [-0.15, -0.1) is 0 Å². The molecule has 0 saturated heterocycles. The van der Waals surface area contributed by atoms with Gasteiger partial charge >= 0.3 is 0 Å². The van der Waals surface area contributed by atoms with Crippen molar-refractivity contribution < 1.29 is 0 Å². The quantitative estimate of drug-likeness (QED) is 0.799. The lowest BCUT2D eigenvalue weighted by molar-refractivity contribution is 0.469. The SMILES string of the molecule is CCCc1nc(N)n(C2CCCC2)n1. The highest BCUT2D eigenvalue weighted by Crippen LogP contribution is 2.30. The van der Waals surface area contributed by atoms with E-state index in [9.17, 15) is 0 Å². The van der Waals surface area contributed by atoms with Crippen molar-refractivity contribution in [1.82, 2.24) is 14.8 Å². The third kappa shape index (κ3) is 1.74. The van der Waals surface area contributed by atoms with Crippen LogP contribution < -0.4 is 5.73 Å². The van der Waals surface area contributed by atoms with Crippen molar-refractivity contribution in [3.8, 4) is 0 Å². The minimum atomic E-state index is 0.508. The van der Waals surface area contributed by atoms with Crippen molar-refractivity contribution in [3.63, 3.8) is 0 Å². The van der Waals surface area contributed by atoms with E-state index in [0.29, 0.717) is 12.0 Å². The number of nitrogen functional groups attached to an aromatic ring is 1. The molecule has 0 unspecified atom stereocenters. The molecule has 1 aromatic heterocycles. The topological polar surface area (TPSA) is 56.7 Å². The molecule has 2 N–H and O–H groups in total. The van der Waals surface area contributed by atoms with Crippen LogP contribution in [-0.2, 0) is 6.42 Å². The molecule has 4 heteroatoms. The van der Waals surface area contributed by atoms with Crippen LogP contribution in [0.3, 0.4) is 0 Å². The van der Waals surface area contributed by atoms with Crippen molar-refractivity contribution in [1.29, 1.82) is 0 Å². The Morgan fingerprint density at radius 2 is 2.14 bits per heavy atom. The highest BCUT2D eigenvalue weighted by molar-refractivity contribution is 5.17. The van der Waals surface area contributed by atoms with E-state index in [4.69, 9.17) is 5.73 Å². The van der Waals surface area contributed by atoms with Crippen LogP contribution in [0.25, 0.3) is 0 Å². The first-order valence-electron chi connectivity index (χ1n) is 5.52. The van der Waals surface area contributed by atoms with Crippen LogP contribution in [0.2, 0.25) is 0 Å². The van der Waals surface area contributed by atoms with Crippen LogP contribution in [0.15, 0.2) is 0 Å². The highest BCUT2D eigenvalue weighted by Gasteiger charge is 2.20.